The Labute approximate surface area is 84.7 Å². The summed E-state index contributed by atoms with van der Waals surface area (Å²) in [6.45, 7) is 1.90. The third-order valence-electron chi connectivity index (χ3n) is 1.76. The van der Waals surface area contributed by atoms with Gasteiger partial charge in [-0.25, -0.2) is 4.98 Å². The van der Waals surface area contributed by atoms with Crippen LogP contribution in [0, 0.1) is 6.92 Å². The lowest BCUT2D eigenvalue weighted by Crippen LogP contribution is -1.75. The number of aromatic nitrogens is 1. The van der Waals surface area contributed by atoms with Crippen molar-refractivity contribution < 1.29 is 4.42 Å². The van der Waals surface area contributed by atoms with Gasteiger partial charge in [-0.15, -0.1) is 0 Å². The Hall–Kier alpha value is -1.09. The first-order valence-corrected chi connectivity index (χ1v) is 4.75. The molecule has 13 heavy (non-hydrogen) atoms. The SMILES string of the molecule is Cc1nc(-c2ccccc2)oc1Br. The van der Waals surface area contributed by atoms with Crippen LogP contribution >= 0.6 is 15.9 Å². The molecule has 0 radical (unpaired) electrons. The first-order valence-electron chi connectivity index (χ1n) is 3.96. The molecule has 0 N–H and O–H groups in total. The first-order chi connectivity index (χ1) is 6.27. The van der Waals surface area contributed by atoms with Gasteiger partial charge in [0.1, 0.15) is 0 Å². The third-order valence-corrected chi connectivity index (χ3v) is 2.50. The minimum atomic E-state index is 0.657. The van der Waals surface area contributed by atoms with Gasteiger partial charge in [-0.3, -0.25) is 0 Å². The second-order valence-corrected chi connectivity index (χ2v) is 3.46. The van der Waals surface area contributed by atoms with Crippen LogP contribution in [0.1, 0.15) is 5.69 Å². The molecule has 1 aromatic heterocycles. The summed E-state index contributed by atoms with van der Waals surface area (Å²) >= 11 is 3.28. The van der Waals surface area contributed by atoms with Crippen molar-refractivity contribution in [3.8, 4) is 11.5 Å². The molecule has 0 saturated heterocycles. The molecule has 66 valence electrons. The molecule has 0 aliphatic carbocycles. The van der Waals surface area contributed by atoms with Crippen molar-refractivity contribution in [2.45, 2.75) is 6.92 Å². The van der Waals surface area contributed by atoms with Crippen LogP contribution in [0.3, 0.4) is 0 Å². The standard InChI is InChI=1S/C10H8BrNO/c1-7-9(11)13-10(12-7)8-5-3-2-4-6-8/h2-6H,1H3. The summed E-state index contributed by atoms with van der Waals surface area (Å²) in [4.78, 5) is 4.27. The second-order valence-electron chi connectivity index (χ2n) is 2.74. The number of oxazole rings is 1. The van der Waals surface area contributed by atoms with Gasteiger partial charge in [0.25, 0.3) is 0 Å². The molecular formula is C10H8BrNO. The third kappa shape index (κ3) is 1.65. The van der Waals surface area contributed by atoms with E-state index in [4.69, 9.17) is 4.42 Å². The van der Waals surface area contributed by atoms with E-state index in [0.29, 0.717) is 10.6 Å². The molecule has 0 aliphatic heterocycles. The zero-order chi connectivity index (χ0) is 9.26. The number of rotatable bonds is 1. The maximum absolute atomic E-state index is 5.41. The average molecular weight is 238 g/mol. The topological polar surface area (TPSA) is 26.0 Å². The van der Waals surface area contributed by atoms with Gasteiger partial charge in [-0.05, 0) is 35.0 Å². The zero-order valence-corrected chi connectivity index (χ0v) is 8.71. The lowest BCUT2D eigenvalue weighted by atomic mass is 10.2. The van der Waals surface area contributed by atoms with E-state index < -0.39 is 0 Å². The summed E-state index contributed by atoms with van der Waals surface area (Å²) in [5.74, 6) is 0.657. The van der Waals surface area contributed by atoms with Crippen molar-refractivity contribution in [1.82, 2.24) is 4.98 Å². The first kappa shape index (κ1) is 8.51. The Morgan fingerprint density at radius 2 is 1.92 bits per heavy atom. The van der Waals surface area contributed by atoms with Gasteiger partial charge >= 0.3 is 0 Å². The lowest BCUT2D eigenvalue weighted by molar-refractivity contribution is 0.548. The molecule has 1 aromatic carbocycles. The number of hydrogen-bond acceptors (Lipinski definition) is 2. The van der Waals surface area contributed by atoms with Gasteiger partial charge in [0.2, 0.25) is 5.89 Å². The number of aryl methyl sites for hydroxylation is 1. The summed E-state index contributed by atoms with van der Waals surface area (Å²) in [6.07, 6.45) is 0. The van der Waals surface area contributed by atoms with Crippen LogP contribution in [-0.4, -0.2) is 4.98 Å². The van der Waals surface area contributed by atoms with Crippen molar-refractivity contribution in [3.63, 3.8) is 0 Å². The van der Waals surface area contributed by atoms with E-state index in [2.05, 4.69) is 20.9 Å². The molecule has 1 heterocycles. The highest BCUT2D eigenvalue weighted by Gasteiger charge is 2.07. The Morgan fingerprint density at radius 3 is 2.46 bits per heavy atom. The van der Waals surface area contributed by atoms with E-state index in [1.54, 1.807) is 0 Å². The van der Waals surface area contributed by atoms with E-state index in [0.717, 1.165) is 11.3 Å². The van der Waals surface area contributed by atoms with Crippen molar-refractivity contribution in [2.75, 3.05) is 0 Å². The van der Waals surface area contributed by atoms with Crippen LogP contribution in [0.4, 0.5) is 0 Å². The van der Waals surface area contributed by atoms with Gasteiger partial charge in [0, 0.05) is 5.56 Å². The molecule has 0 saturated carbocycles. The fourth-order valence-electron chi connectivity index (χ4n) is 1.08. The smallest absolute Gasteiger partial charge is 0.227 e. The zero-order valence-electron chi connectivity index (χ0n) is 7.12. The number of nitrogens with zero attached hydrogens (tertiary/aromatic N) is 1. The fourth-order valence-corrected chi connectivity index (χ4v) is 1.32. The Balaban J connectivity index is 2.48. The molecule has 3 heteroatoms. The van der Waals surface area contributed by atoms with Gasteiger partial charge in [-0.2, -0.15) is 0 Å². The molecule has 0 fully saturated rings. The minimum Gasteiger partial charge on any atom is -0.429 e. The maximum Gasteiger partial charge on any atom is 0.227 e. The largest absolute Gasteiger partial charge is 0.429 e. The summed E-state index contributed by atoms with van der Waals surface area (Å²) in [7, 11) is 0. The molecule has 0 spiro atoms. The Morgan fingerprint density at radius 1 is 1.23 bits per heavy atom. The lowest BCUT2D eigenvalue weighted by Gasteiger charge is -1.91. The predicted molar refractivity (Wildman–Crippen MR) is 54.4 cm³/mol. The van der Waals surface area contributed by atoms with Crippen LogP contribution in [0.5, 0.6) is 0 Å². The summed E-state index contributed by atoms with van der Waals surface area (Å²) in [5, 5.41) is 0. The van der Waals surface area contributed by atoms with E-state index in [1.165, 1.54) is 0 Å². The van der Waals surface area contributed by atoms with Gasteiger partial charge in [0.15, 0.2) is 4.67 Å². The van der Waals surface area contributed by atoms with Crippen LogP contribution < -0.4 is 0 Å². The highest BCUT2D eigenvalue weighted by Crippen LogP contribution is 2.24. The fraction of sp³-hybridized carbons (Fsp3) is 0.100. The van der Waals surface area contributed by atoms with Crippen LogP contribution in [0.2, 0.25) is 0 Å². The normalized spacial score (nSPS) is 10.3. The van der Waals surface area contributed by atoms with E-state index >= 15 is 0 Å². The molecule has 0 unspecified atom stereocenters. The molecule has 0 aliphatic rings. The average Bonchev–Trinajstić information content (AvgIpc) is 2.49. The van der Waals surface area contributed by atoms with Crippen LogP contribution in [0.15, 0.2) is 39.4 Å². The molecule has 2 rings (SSSR count). The van der Waals surface area contributed by atoms with E-state index in [1.807, 2.05) is 37.3 Å². The van der Waals surface area contributed by atoms with Crippen molar-refractivity contribution in [1.29, 1.82) is 0 Å². The number of halogens is 1. The molecule has 0 amide bonds. The van der Waals surface area contributed by atoms with Crippen molar-refractivity contribution >= 4 is 15.9 Å². The van der Waals surface area contributed by atoms with Crippen LogP contribution in [0.25, 0.3) is 11.5 Å². The van der Waals surface area contributed by atoms with Crippen molar-refractivity contribution in [3.05, 3.63) is 40.7 Å². The Bertz CT molecular complexity index is 389. The molecule has 0 bridgehead atoms. The molecule has 2 aromatic rings. The number of benzene rings is 1. The molecule has 2 nitrogen and oxygen atoms in total. The molecular weight excluding hydrogens is 230 g/mol. The minimum absolute atomic E-state index is 0.657. The van der Waals surface area contributed by atoms with Gasteiger partial charge in [-0.1, -0.05) is 18.2 Å². The highest BCUT2D eigenvalue weighted by atomic mass is 79.9. The van der Waals surface area contributed by atoms with Crippen LogP contribution in [-0.2, 0) is 0 Å². The Kier molecular flexibility index (Phi) is 2.19. The summed E-state index contributed by atoms with van der Waals surface area (Å²) in [5.41, 5.74) is 1.87. The van der Waals surface area contributed by atoms with Gasteiger partial charge in [0.05, 0.1) is 5.69 Å². The molecule has 0 atom stereocenters. The summed E-state index contributed by atoms with van der Waals surface area (Å²) in [6, 6.07) is 9.83. The second kappa shape index (κ2) is 3.34. The van der Waals surface area contributed by atoms with E-state index in [-0.39, 0.29) is 0 Å². The van der Waals surface area contributed by atoms with E-state index in [9.17, 15) is 0 Å². The predicted octanol–water partition coefficient (Wildman–Crippen LogP) is 3.41. The monoisotopic (exact) mass is 237 g/mol. The highest BCUT2D eigenvalue weighted by molar-refractivity contribution is 9.10. The van der Waals surface area contributed by atoms with Crippen molar-refractivity contribution in [2.24, 2.45) is 0 Å². The quantitative estimate of drug-likeness (QED) is 0.760. The maximum atomic E-state index is 5.41. The summed E-state index contributed by atoms with van der Waals surface area (Å²) < 4.78 is 6.11. The van der Waals surface area contributed by atoms with Gasteiger partial charge < -0.3 is 4.42 Å². The number of hydrogen-bond donors (Lipinski definition) is 0.